The zero-order valence-electron chi connectivity index (χ0n) is 11.5. The van der Waals surface area contributed by atoms with E-state index in [4.69, 9.17) is 11.6 Å². The SMILES string of the molecule is O=C([O-])c1cc2n(n1)[C@H](C(F)(F)F)C[C@@H](c1ccc(Cl)cc1)N2. The molecule has 3 rings (SSSR count). The average Bonchev–Trinajstić information content (AvgIpc) is 2.90. The van der Waals surface area contributed by atoms with E-state index in [9.17, 15) is 23.1 Å². The van der Waals surface area contributed by atoms with Crippen molar-refractivity contribution in [3.63, 3.8) is 0 Å². The summed E-state index contributed by atoms with van der Waals surface area (Å²) in [5, 5.41) is 17.7. The monoisotopic (exact) mass is 344 g/mol. The second-order valence-electron chi connectivity index (χ2n) is 5.19. The number of carboxylic acid groups (broad SMARTS) is 1. The van der Waals surface area contributed by atoms with Gasteiger partial charge in [0, 0.05) is 17.5 Å². The summed E-state index contributed by atoms with van der Waals surface area (Å²) >= 11 is 5.78. The molecular weight excluding hydrogens is 335 g/mol. The van der Waals surface area contributed by atoms with Crippen molar-refractivity contribution in [3.8, 4) is 0 Å². The number of rotatable bonds is 2. The van der Waals surface area contributed by atoms with Gasteiger partial charge in [-0.2, -0.15) is 18.3 Å². The molecule has 2 heterocycles. The van der Waals surface area contributed by atoms with Crippen molar-refractivity contribution in [2.75, 3.05) is 5.32 Å². The number of halogens is 4. The van der Waals surface area contributed by atoms with Crippen LogP contribution < -0.4 is 10.4 Å². The van der Waals surface area contributed by atoms with Crippen LogP contribution in [0, 0.1) is 0 Å². The fourth-order valence-electron chi connectivity index (χ4n) is 2.59. The number of hydrogen-bond acceptors (Lipinski definition) is 4. The van der Waals surface area contributed by atoms with Gasteiger partial charge in [0.05, 0.1) is 12.0 Å². The number of carbonyl (C=O) groups is 1. The van der Waals surface area contributed by atoms with Crippen LogP contribution in [0.15, 0.2) is 30.3 Å². The van der Waals surface area contributed by atoms with Crippen LogP contribution in [0.1, 0.15) is 34.6 Å². The third-order valence-corrected chi connectivity index (χ3v) is 3.92. The number of hydrogen-bond donors (Lipinski definition) is 1. The fraction of sp³-hybridized carbons (Fsp3) is 0.286. The largest absolute Gasteiger partial charge is 0.543 e. The second kappa shape index (κ2) is 5.45. The minimum Gasteiger partial charge on any atom is -0.543 e. The number of benzene rings is 1. The Morgan fingerprint density at radius 3 is 2.57 bits per heavy atom. The highest BCUT2D eigenvalue weighted by atomic mass is 35.5. The van der Waals surface area contributed by atoms with Crippen molar-refractivity contribution in [3.05, 3.63) is 46.6 Å². The number of nitrogens with zero attached hydrogens (tertiary/aromatic N) is 2. The lowest BCUT2D eigenvalue weighted by Gasteiger charge is -2.33. The molecule has 0 saturated carbocycles. The molecule has 1 aromatic heterocycles. The summed E-state index contributed by atoms with van der Waals surface area (Å²) in [7, 11) is 0. The summed E-state index contributed by atoms with van der Waals surface area (Å²) in [6.45, 7) is 0. The van der Waals surface area contributed by atoms with Crippen LogP contribution in [-0.2, 0) is 0 Å². The Hall–Kier alpha value is -2.22. The molecule has 0 aliphatic carbocycles. The maximum Gasteiger partial charge on any atom is 0.410 e. The highest BCUT2D eigenvalue weighted by Crippen LogP contribution is 2.43. The lowest BCUT2D eigenvalue weighted by Crippen LogP contribution is -2.35. The number of aromatic nitrogens is 2. The molecule has 0 saturated heterocycles. The number of alkyl halides is 3. The Balaban J connectivity index is 2.01. The maximum atomic E-state index is 13.3. The molecule has 2 atom stereocenters. The number of anilines is 1. The van der Waals surface area contributed by atoms with Crippen molar-refractivity contribution >= 4 is 23.4 Å². The van der Waals surface area contributed by atoms with E-state index < -0.39 is 29.9 Å². The highest BCUT2D eigenvalue weighted by molar-refractivity contribution is 6.30. The van der Waals surface area contributed by atoms with E-state index in [-0.39, 0.29) is 12.2 Å². The van der Waals surface area contributed by atoms with Gasteiger partial charge in [0.25, 0.3) is 0 Å². The smallest absolute Gasteiger partial charge is 0.410 e. The van der Waals surface area contributed by atoms with Crippen LogP contribution in [0.4, 0.5) is 19.0 Å². The minimum atomic E-state index is -4.56. The summed E-state index contributed by atoms with van der Waals surface area (Å²) in [4.78, 5) is 10.9. The lowest BCUT2D eigenvalue weighted by atomic mass is 9.97. The van der Waals surface area contributed by atoms with Crippen molar-refractivity contribution in [2.24, 2.45) is 0 Å². The van der Waals surface area contributed by atoms with Crippen LogP contribution in [0.3, 0.4) is 0 Å². The van der Waals surface area contributed by atoms with Gasteiger partial charge in [0.2, 0.25) is 0 Å². The van der Waals surface area contributed by atoms with E-state index in [0.29, 0.717) is 15.3 Å². The molecule has 1 aliphatic heterocycles. The van der Waals surface area contributed by atoms with Gasteiger partial charge >= 0.3 is 6.18 Å². The van der Waals surface area contributed by atoms with Crippen molar-refractivity contribution < 1.29 is 23.1 Å². The van der Waals surface area contributed by atoms with Crippen LogP contribution in [0.5, 0.6) is 0 Å². The van der Waals surface area contributed by atoms with Crippen molar-refractivity contribution in [2.45, 2.75) is 24.7 Å². The van der Waals surface area contributed by atoms with Gasteiger partial charge < -0.3 is 15.2 Å². The molecule has 122 valence electrons. The fourth-order valence-corrected chi connectivity index (χ4v) is 2.71. The first-order valence-electron chi connectivity index (χ1n) is 6.65. The van der Waals surface area contributed by atoms with Crippen LogP contribution in [-0.4, -0.2) is 21.9 Å². The topological polar surface area (TPSA) is 70.0 Å². The Morgan fingerprint density at radius 1 is 1.35 bits per heavy atom. The van der Waals surface area contributed by atoms with Gasteiger partial charge in [-0.05, 0) is 17.7 Å². The molecule has 0 fully saturated rings. The molecule has 1 aliphatic rings. The Labute approximate surface area is 133 Å². The normalized spacial score (nSPS) is 20.7. The Kier molecular flexibility index (Phi) is 3.71. The molecule has 0 unspecified atom stereocenters. The molecule has 0 amide bonds. The van der Waals surface area contributed by atoms with Gasteiger partial charge in [-0.25, -0.2) is 4.68 Å². The number of aromatic carboxylic acids is 1. The van der Waals surface area contributed by atoms with E-state index in [0.717, 1.165) is 6.07 Å². The quantitative estimate of drug-likeness (QED) is 0.909. The molecule has 0 radical (unpaired) electrons. The first kappa shape index (κ1) is 15.7. The third kappa shape index (κ3) is 2.98. The first-order valence-corrected chi connectivity index (χ1v) is 7.03. The highest BCUT2D eigenvalue weighted by Gasteiger charge is 2.46. The van der Waals surface area contributed by atoms with Gasteiger partial charge in [0.1, 0.15) is 11.5 Å². The van der Waals surface area contributed by atoms with E-state index in [1.54, 1.807) is 24.3 Å². The number of carboxylic acids is 1. The van der Waals surface area contributed by atoms with E-state index in [1.807, 2.05) is 0 Å². The number of nitrogens with one attached hydrogen (secondary N) is 1. The molecule has 9 heteroatoms. The van der Waals surface area contributed by atoms with Crippen molar-refractivity contribution in [1.82, 2.24) is 9.78 Å². The number of carbonyl (C=O) groups excluding carboxylic acids is 1. The summed E-state index contributed by atoms with van der Waals surface area (Å²) < 4.78 is 40.6. The molecule has 0 spiro atoms. The van der Waals surface area contributed by atoms with Crippen LogP contribution in [0.25, 0.3) is 0 Å². The standard InChI is InChI=1S/C14H11ClF3N3O2/c15-8-3-1-7(2-4-8)9-5-11(14(16,17)18)21-12(19-9)6-10(20-21)13(22)23/h1-4,6,9,11,19H,5H2,(H,22,23)/p-1/t9-,11-/m0/s1. The summed E-state index contributed by atoms with van der Waals surface area (Å²) in [6, 6.07) is 4.89. The van der Waals surface area contributed by atoms with E-state index >= 15 is 0 Å². The zero-order valence-corrected chi connectivity index (χ0v) is 12.2. The summed E-state index contributed by atoms with van der Waals surface area (Å²) in [5.74, 6) is -1.64. The van der Waals surface area contributed by atoms with Gasteiger partial charge in [0.15, 0.2) is 6.04 Å². The molecule has 1 N–H and O–H groups in total. The first-order chi connectivity index (χ1) is 10.8. The molecule has 5 nitrogen and oxygen atoms in total. The molecular formula is C14H10ClF3N3O2-. The van der Waals surface area contributed by atoms with E-state index in [2.05, 4.69) is 10.4 Å². The minimum absolute atomic E-state index is 0.0160. The lowest BCUT2D eigenvalue weighted by molar-refractivity contribution is -0.255. The van der Waals surface area contributed by atoms with E-state index in [1.165, 1.54) is 0 Å². The molecule has 2 aromatic rings. The third-order valence-electron chi connectivity index (χ3n) is 3.67. The predicted octanol–water partition coefficient (Wildman–Crippen LogP) is 2.56. The van der Waals surface area contributed by atoms with Gasteiger partial charge in [-0.3, -0.25) is 0 Å². The number of fused-ring (bicyclic) bond motifs is 1. The Morgan fingerprint density at radius 2 is 2.00 bits per heavy atom. The van der Waals surface area contributed by atoms with Crippen LogP contribution in [0.2, 0.25) is 5.02 Å². The van der Waals surface area contributed by atoms with Crippen LogP contribution >= 0.6 is 11.6 Å². The maximum absolute atomic E-state index is 13.3. The molecule has 1 aromatic carbocycles. The molecule has 23 heavy (non-hydrogen) atoms. The zero-order chi connectivity index (χ0) is 16.8. The average molecular weight is 345 g/mol. The molecule has 0 bridgehead atoms. The predicted molar refractivity (Wildman–Crippen MR) is 74.1 cm³/mol. The summed E-state index contributed by atoms with van der Waals surface area (Å²) in [6.07, 6.45) is -4.87. The van der Waals surface area contributed by atoms with Gasteiger partial charge in [-0.15, -0.1) is 0 Å². The van der Waals surface area contributed by atoms with Gasteiger partial charge in [-0.1, -0.05) is 23.7 Å². The Bertz CT molecular complexity index is 743. The summed E-state index contributed by atoms with van der Waals surface area (Å²) in [5.41, 5.74) is 0.0737. The van der Waals surface area contributed by atoms with Crippen molar-refractivity contribution in [1.29, 1.82) is 0 Å². The second-order valence-corrected chi connectivity index (χ2v) is 5.62.